The van der Waals surface area contributed by atoms with Gasteiger partial charge in [0.2, 0.25) is 11.8 Å². The number of anilines is 2. The third-order valence-electron chi connectivity index (χ3n) is 13.0. The van der Waals surface area contributed by atoms with E-state index in [1.165, 1.54) is 31.3 Å². The fourth-order valence-corrected chi connectivity index (χ4v) is 10.2. The quantitative estimate of drug-likeness (QED) is 0.0885. The zero-order valence-electron chi connectivity index (χ0n) is 34.2. The van der Waals surface area contributed by atoms with E-state index >= 15 is 9.59 Å². The average Bonchev–Trinajstić information content (AvgIpc) is 3.55. The second-order valence-electron chi connectivity index (χ2n) is 16.2. The number of nitrogens with zero attached hydrogens (tertiary/aromatic N) is 4. The van der Waals surface area contributed by atoms with Crippen molar-refractivity contribution in [2.45, 2.75) is 24.2 Å². The van der Waals surface area contributed by atoms with Crippen LogP contribution in [0.15, 0.2) is 149 Å². The Morgan fingerprint density at radius 2 is 1.39 bits per heavy atom. The zero-order chi connectivity index (χ0) is 42.6. The molecule has 11 nitrogen and oxygen atoms in total. The van der Waals surface area contributed by atoms with Gasteiger partial charge in [0.25, 0.3) is 0 Å². The molecule has 3 aliphatic carbocycles. The van der Waals surface area contributed by atoms with Crippen molar-refractivity contribution in [3.05, 3.63) is 156 Å². The number of phenols is 1. The molecule has 1 saturated heterocycles. The molecule has 61 heavy (non-hydrogen) atoms. The minimum atomic E-state index is -1.55. The van der Waals surface area contributed by atoms with Gasteiger partial charge in [0.15, 0.2) is 11.6 Å². The van der Waals surface area contributed by atoms with Gasteiger partial charge < -0.3 is 19.5 Å². The van der Waals surface area contributed by atoms with Gasteiger partial charge in [-0.15, -0.1) is 0 Å². The van der Waals surface area contributed by atoms with Crippen LogP contribution in [0, 0.1) is 23.7 Å². The Hall–Kier alpha value is -7.14. The first-order chi connectivity index (χ1) is 29.6. The summed E-state index contributed by atoms with van der Waals surface area (Å²) >= 11 is 0. The van der Waals surface area contributed by atoms with E-state index in [9.17, 15) is 14.7 Å². The van der Waals surface area contributed by atoms with Crippen molar-refractivity contribution in [3.8, 4) is 17.2 Å². The van der Waals surface area contributed by atoms with Gasteiger partial charge in [0, 0.05) is 54.9 Å². The summed E-state index contributed by atoms with van der Waals surface area (Å²) in [5, 5.41) is 20.7. The predicted octanol–water partition coefficient (Wildman–Crippen LogP) is 8.92. The molecule has 5 aromatic carbocycles. The molecule has 0 spiro atoms. The molecular formula is C50H44N4O7. The van der Waals surface area contributed by atoms with Crippen molar-refractivity contribution < 1.29 is 33.8 Å². The molecule has 306 valence electrons. The van der Waals surface area contributed by atoms with Crippen molar-refractivity contribution in [2.75, 3.05) is 38.1 Å². The molecule has 0 radical (unpaired) electrons. The Labute approximate surface area is 353 Å². The number of hydrogen-bond acceptors (Lipinski definition) is 10. The number of rotatable bonds is 9. The fraction of sp³-hybridized carbons (Fsp3) is 0.240. The van der Waals surface area contributed by atoms with E-state index in [0.29, 0.717) is 45.1 Å². The van der Waals surface area contributed by atoms with E-state index in [-0.39, 0.29) is 53.3 Å². The molecule has 1 N–H and O–H groups in total. The maximum atomic E-state index is 15.4. The van der Waals surface area contributed by atoms with Crippen molar-refractivity contribution in [1.82, 2.24) is 0 Å². The molecule has 5 aromatic rings. The summed E-state index contributed by atoms with van der Waals surface area (Å²) in [5.41, 5.74) is 3.62. The van der Waals surface area contributed by atoms with E-state index in [1.54, 1.807) is 42.5 Å². The molecule has 2 amide bonds. The van der Waals surface area contributed by atoms with Crippen LogP contribution in [0.1, 0.15) is 35.4 Å². The molecule has 1 heterocycles. The molecule has 0 unspecified atom stereocenters. The standard InChI is InChI=1S/C50H44N4O7/c1-53(2)33-19-15-31(16-20-33)51-52-32-17-21-34(22-18-32)54-48(58)37-24-23-36-39(44(37)49(54)59)27-40-47(57)38(29-11-7-5-8-12-29)28-43(56)50(40,30-13-9-6-10-14-30)46(36)45-41(55)25-35(60-3)26-42(45)61-4/h5-23,25-26,28,37,39-40,44,46,55H,24,27H2,1-4H3/t37-,39+,40-,44-,46+,50-/m0/s1. The molecule has 1 saturated carbocycles. The smallest absolute Gasteiger partial charge is 0.238 e. The Balaban J connectivity index is 1.15. The number of carbonyl (C=O) groups is 4. The van der Waals surface area contributed by atoms with Gasteiger partial charge in [-0.1, -0.05) is 72.3 Å². The topological polar surface area (TPSA) is 138 Å². The molecule has 9 rings (SSSR count). The summed E-state index contributed by atoms with van der Waals surface area (Å²) in [6, 6.07) is 35.9. The zero-order valence-corrected chi connectivity index (χ0v) is 34.2. The van der Waals surface area contributed by atoms with Gasteiger partial charge in [-0.05, 0) is 84.5 Å². The normalized spacial score (nSPS) is 24.5. The number of methoxy groups -OCH3 is 2. The number of ketones is 2. The largest absolute Gasteiger partial charge is 0.507 e. The number of Topliss-reactive ketones (excluding diaryl/α,β-unsaturated/α-hetero) is 1. The summed E-state index contributed by atoms with van der Waals surface area (Å²) in [4.78, 5) is 63.3. The number of phenolic OH excluding ortho intramolecular Hbond substituents is 1. The highest BCUT2D eigenvalue weighted by molar-refractivity contribution is 6.32. The molecule has 1 aliphatic heterocycles. The van der Waals surface area contributed by atoms with Crippen LogP contribution in [0.5, 0.6) is 17.2 Å². The highest BCUT2D eigenvalue weighted by Gasteiger charge is 2.66. The first-order valence-electron chi connectivity index (χ1n) is 20.3. The van der Waals surface area contributed by atoms with E-state index in [1.807, 2.05) is 97.9 Å². The Kier molecular flexibility index (Phi) is 9.97. The molecule has 4 aliphatic rings. The number of imide groups is 1. The number of benzene rings is 5. The Bertz CT molecular complexity index is 2660. The number of azo groups is 1. The number of ether oxygens (including phenoxy) is 2. The number of hydrogen-bond donors (Lipinski definition) is 1. The molecule has 0 aromatic heterocycles. The van der Waals surface area contributed by atoms with Crippen LogP contribution in [0.2, 0.25) is 0 Å². The molecule has 6 atom stereocenters. The maximum absolute atomic E-state index is 15.4. The van der Waals surface area contributed by atoms with E-state index in [0.717, 1.165) is 5.69 Å². The fourth-order valence-electron chi connectivity index (χ4n) is 10.2. The SMILES string of the molecule is COc1cc(O)c([C@H]2C3=CC[C@@H]4C(=O)N(c5ccc(N=Nc6ccc(N(C)C)cc6)cc5)C(=O)[C@@H]4[C@@H]3C[C@H]3C(=O)C(c4ccccc4)=CC(=O)[C@@]23c2ccccc2)c(OC)c1. The van der Waals surface area contributed by atoms with Gasteiger partial charge in [-0.25, -0.2) is 0 Å². The van der Waals surface area contributed by atoms with Crippen LogP contribution in [-0.2, 0) is 24.6 Å². The number of fused-ring (bicyclic) bond motifs is 4. The molecule has 11 heteroatoms. The van der Waals surface area contributed by atoms with Gasteiger partial charge in [0.1, 0.15) is 17.2 Å². The van der Waals surface area contributed by atoms with E-state index in [4.69, 9.17) is 9.47 Å². The Morgan fingerprint density at radius 1 is 0.754 bits per heavy atom. The second-order valence-corrected chi connectivity index (χ2v) is 16.2. The van der Waals surface area contributed by atoms with Crippen LogP contribution in [0.25, 0.3) is 5.57 Å². The number of amides is 2. The van der Waals surface area contributed by atoms with Crippen molar-refractivity contribution in [3.63, 3.8) is 0 Å². The number of carbonyl (C=O) groups excluding carboxylic acids is 4. The monoisotopic (exact) mass is 812 g/mol. The highest BCUT2D eigenvalue weighted by Crippen LogP contribution is 2.65. The average molecular weight is 813 g/mol. The third-order valence-corrected chi connectivity index (χ3v) is 13.0. The summed E-state index contributed by atoms with van der Waals surface area (Å²) < 4.78 is 11.5. The second kappa shape index (κ2) is 15.5. The highest BCUT2D eigenvalue weighted by atomic mass is 16.5. The first-order valence-corrected chi connectivity index (χ1v) is 20.3. The van der Waals surface area contributed by atoms with Crippen molar-refractivity contribution >= 4 is 51.7 Å². The minimum Gasteiger partial charge on any atom is -0.507 e. The number of allylic oxidation sites excluding steroid dienone is 4. The van der Waals surface area contributed by atoms with Crippen molar-refractivity contribution in [1.29, 1.82) is 0 Å². The van der Waals surface area contributed by atoms with Gasteiger partial charge >= 0.3 is 0 Å². The summed E-state index contributed by atoms with van der Waals surface area (Å²) in [5.74, 6) is -5.00. The van der Waals surface area contributed by atoms with Gasteiger partial charge in [-0.3, -0.25) is 24.1 Å². The third kappa shape index (κ3) is 6.34. The van der Waals surface area contributed by atoms with Gasteiger partial charge in [-0.2, -0.15) is 10.2 Å². The summed E-state index contributed by atoms with van der Waals surface area (Å²) in [7, 11) is 6.88. The van der Waals surface area contributed by atoms with Crippen LogP contribution in [0.4, 0.5) is 22.7 Å². The van der Waals surface area contributed by atoms with Crippen LogP contribution in [-0.4, -0.2) is 56.8 Å². The van der Waals surface area contributed by atoms with Crippen LogP contribution in [0.3, 0.4) is 0 Å². The maximum Gasteiger partial charge on any atom is 0.238 e. The summed E-state index contributed by atoms with van der Waals surface area (Å²) in [6.45, 7) is 0. The van der Waals surface area contributed by atoms with E-state index < -0.39 is 35.0 Å². The predicted molar refractivity (Wildman–Crippen MR) is 232 cm³/mol. The Morgan fingerprint density at radius 3 is 2.02 bits per heavy atom. The van der Waals surface area contributed by atoms with Crippen LogP contribution >= 0.6 is 0 Å². The molecule has 2 fully saturated rings. The molecule has 0 bridgehead atoms. The number of aromatic hydroxyl groups is 1. The van der Waals surface area contributed by atoms with Crippen molar-refractivity contribution in [2.24, 2.45) is 33.9 Å². The lowest BCUT2D eigenvalue weighted by molar-refractivity contribution is -0.135. The lowest BCUT2D eigenvalue weighted by Gasteiger charge is -2.55. The minimum absolute atomic E-state index is 0.119. The first kappa shape index (κ1) is 39.3. The van der Waals surface area contributed by atoms with Crippen LogP contribution < -0.4 is 19.3 Å². The lowest BCUT2D eigenvalue weighted by Crippen LogP contribution is -2.58. The lowest BCUT2D eigenvalue weighted by atomic mass is 9.44. The molecular weight excluding hydrogens is 769 g/mol. The van der Waals surface area contributed by atoms with E-state index in [2.05, 4.69) is 10.2 Å². The summed E-state index contributed by atoms with van der Waals surface area (Å²) in [6.07, 6.45) is 3.74. The van der Waals surface area contributed by atoms with Gasteiger partial charge in [0.05, 0.1) is 48.5 Å².